The van der Waals surface area contributed by atoms with Gasteiger partial charge in [0.1, 0.15) is 6.04 Å². The lowest BCUT2D eigenvalue weighted by atomic mass is 10.2. The SMILES string of the molecule is C[C@H](NS(=O)(=O)c1ccc(Cl)c(Cl)c1)C(=O)OCC(=O)N1CCSc2ccccc21. The highest BCUT2D eigenvalue weighted by Gasteiger charge is 2.27. The van der Waals surface area contributed by atoms with Crippen LogP contribution in [0.3, 0.4) is 0 Å². The van der Waals surface area contributed by atoms with E-state index >= 15 is 0 Å². The van der Waals surface area contributed by atoms with Crippen molar-refractivity contribution < 1.29 is 22.7 Å². The molecule has 0 aromatic heterocycles. The fraction of sp³-hybridized carbons (Fsp3) is 0.263. The number of amides is 1. The van der Waals surface area contributed by atoms with Crippen LogP contribution in [0.4, 0.5) is 5.69 Å². The molecule has 0 aliphatic carbocycles. The van der Waals surface area contributed by atoms with Crippen molar-refractivity contribution in [1.29, 1.82) is 0 Å². The van der Waals surface area contributed by atoms with Crippen LogP contribution in [-0.4, -0.2) is 45.2 Å². The Hall–Kier alpha value is -1.78. The summed E-state index contributed by atoms with van der Waals surface area (Å²) in [5.41, 5.74) is 0.767. The van der Waals surface area contributed by atoms with Gasteiger partial charge in [0.15, 0.2) is 6.61 Å². The molecule has 30 heavy (non-hydrogen) atoms. The van der Waals surface area contributed by atoms with Gasteiger partial charge in [-0.1, -0.05) is 35.3 Å². The van der Waals surface area contributed by atoms with Crippen LogP contribution in [-0.2, 0) is 24.3 Å². The van der Waals surface area contributed by atoms with Crippen LogP contribution < -0.4 is 9.62 Å². The molecule has 1 amide bonds. The number of carbonyl (C=O) groups excluding carboxylic acids is 2. The molecule has 2 aromatic rings. The predicted molar refractivity (Wildman–Crippen MR) is 117 cm³/mol. The minimum absolute atomic E-state index is 0.0698. The molecular formula is C19H18Cl2N2O5S2. The number of anilines is 1. The normalized spacial score (nSPS) is 14.7. The lowest BCUT2D eigenvalue weighted by Crippen LogP contribution is -2.42. The number of benzene rings is 2. The van der Waals surface area contributed by atoms with Crippen molar-refractivity contribution in [3.8, 4) is 0 Å². The average molecular weight is 489 g/mol. The number of nitrogens with zero attached hydrogens (tertiary/aromatic N) is 1. The molecule has 11 heteroatoms. The number of ether oxygens (including phenoxy) is 1. The van der Waals surface area contributed by atoms with Gasteiger partial charge in [-0.2, -0.15) is 4.72 Å². The van der Waals surface area contributed by atoms with Crippen LogP contribution in [0.25, 0.3) is 0 Å². The van der Waals surface area contributed by atoms with E-state index in [1.54, 1.807) is 16.7 Å². The van der Waals surface area contributed by atoms with Gasteiger partial charge < -0.3 is 9.64 Å². The first-order valence-electron chi connectivity index (χ1n) is 8.85. The number of thioether (sulfide) groups is 1. The number of sulfonamides is 1. The van der Waals surface area contributed by atoms with Gasteiger partial charge in [0.2, 0.25) is 10.0 Å². The molecule has 0 spiro atoms. The van der Waals surface area contributed by atoms with E-state index in [9.17, 15) is 18.0 Å². The Morgan fingerprint density at radius 3 is 2.67 bits per heavy atom. The van der Waals surface area contributed by atoms with Crippen molar-refractivity contribution >= 4 is 62.6 Å². The van der Waals surface area contributed by atoms with E-state index in [0.717, 1.165) is 16.3 Å². The molecule has 3 rings (SSSR count). The fourth-order valence-electron chi connectivity index (χ4n) is 2.76. The van der Waals surface area contributed by atoms with Gasteiger partial charge in [0.25, 0.3) is 5.91 Å². The third-order valence-electron chi connectivity index (χ3n) is 4.25. The minimum Gasteiger partial charge on any atom is -0.454 e. The summed E-state index contributed by atoms with van der Waals surface area (Å²) in [5.74, 6) is -0.515. The average Bonchev–Trinajstić information content (AvgIpc) is 2.72. The third-order valence-corrected chi connectivity index (χ3v) is 7.57. The molecule has 7 nitrogen and oxygen atoms in total. The van der Waals surface area contributed by atoms with Crippen LogP contribution >= 0.6 is 35.0 Å². The van der Waals surface area contributed by atoms with Gasteiger partial charge in [-0.3, -0.25) is 9.59 Å². The Morgan fingerprint density at radius 1 is 1.20 bits per heavy atom. The highest BCUT2D eigenvalue weighted by atomic mass is 35.5. The van der Waals surface area contributed by atoms with E-state index in [0.29, 0.717) is 6.54 Å². The zero-order chi connectivity index (χ0) is 21.9. The maximum absolute atomic E-state index is 12.5. The number of rotatable bonds is 6. The van der Waals surface area contributed by atoms with E-state index in [2.05, 4.69) is 4.72 Å². The molecule has 1 aliphatic rings. The lowest BCUT2D eigenvalue weighted by Gasteiger charge is -2.28. The summed E-state index contributed by atoms with van der Waals surface area (Å²) >= 11 is 13.3. The quantitative estimate of drug-likeness (QED) is 0.626. The second-order valence-corrected chi connectivity index (χ2v) is 10.1. The lowest BCUT2D eigenvalue weighted by molar-refractivity contribution is -0.149. The summed E-state index contributed by atoms with van der Waals surface area (Å²) in [6.45, 7) is 1.34. The topological polar surface area (TPSA) is 92.8 Å². The first kappa shape index (κ1) is 22.9. The third kappa shape index (κ3) is 5.28. The van der Waals surface area contributed by atoms with E-state index in [1.807, 2.05) is 24.3 Å². The molecule has 2 aromatic carbocycles. The molecule has 1 atom stereocenters. The summed E-state index contributed by atoms with van der Waals surface area (Å²) < 4.78 is 32.1. The maximum Gasteiger partial charge on any atom is 0.324 e. The van der Waals surface area contributed by atoms with Crippen molar-refractivity contribution in [3.05, 3.63) is 52.5 Å². The molecule has 0 saturated heterocycles. The van der Waals surface area contributed by atoms with Gasteiger partial charge >= 0.3 is 5.97 Å². The first-order valence-corrected chi connectivity index (χ1v) is 12.1. The molecule has 0 bridgehead atoms. The minimum atomic E-state index is -4.03. The van der Waals surface area contributed by atoms with Gasteiger partial charge in [-0.05, 0) is 37.3 Å². The van der Waals surface area contributed by atoms with E-state index in [-0.39, 0.29) is 20.8 Å². The van der Waals surface area contributed by atoms with Gasteiger partial charge in [-0.25, -0.2) is 8.42 Å². The highest BCUT2D eigenvalue weighted by molar-refractivity contribution is 7.99. The molecule has 1 aliphatic heterocycles. The fourth-order valence-corrected chi connectivity index (χ4v) is 5.33. The number of hydrogen-bond donors (Lipinski definition) is 1. The zero-order valence-electron chi connectivity index (χ0n) is 15.8. The standard InChI is InChI=1S/C19H18Cl2N2O5S2/c1-12(22-30(26,27)13-6-7-14(20)15(21)10-13)19(25)28-11-18(24)23-8-9-29-17-5-3-2-4-16(17)23/h2-7,10,12,22H,8-9,11H2,1H3/t12-/m0/s1. The molecular weight excluding hydrogens is 471 g/mol. The number of para-hydroxylation sites is 1. The van der Waals surface area contributed by atoms with Crippen molar-refractivity contribution in [2.24, 2.45) is 0 Å². The van der Waals surface area contributed by atoms with Crippen LogP contribution in [0, 0.1) is 0 Å². The largest absolute Gasteiger partial charge is 0.454 e. The molecule has 0 fully saturated rings. The van der Waals surface area contributed by atoms with Gasteiger partial charge in [-0.15, -0.1) is 11.8 Å². The Kier molecular flexibility index (Phi) is 7.30. The summed E-state index contributed by atoms with van der Waals surface area (Å²) in [4.78, 5) is 27.2. The second kappa shape index (κ2) is 9.57. The van der Waals surface area contributed by atoms with E-state index in [4.69, 9.17) is 27.9 Å². The van der Waals surface area contributed by atoms with Crippen LogP contribution in [0.5, 0.6) is 0 Å². The molecule has 1 N–H and O–H groups in total. The van der Waals surface area contributed by atoms with Crippen molar-refractivity contribution in [2.75, 3.05) is 23.8 Å². The maximum atomic E-state index is 12.5. The van der Waals surface area contributed by atoms with Gasteiger partial charge in [0, 0.05) is 17.2 Å². The van der Waals surface area contributed by atoms with E-state index < -0.39 is 28.6 Å². The summed E-state index contributed by atoms with van der Waals surface area (Å²) in [7, 11) is -4.03. The number of carbonyl (C=O) groups is 2. The molecule has 0 radical (unpaired) electrons. The zero-order valence-corrected chi connectivity index (χ0v) is 18.9. The first-order chi connectivity index (χ1) is 14.2. The number of esters is 1. The number of nitrogens with one attached hydrogen (secondary N) is 1. The molecule has 0 unspecified atom stereocenters. The van der Waals surface area contributed by atoms with Crippen molar-refractivity contribution in [2.45, 2.75) is 22.8 Å². The van der Waals surface area contributed by atoms with Crippen LogP contribution in [0.1, 0.15) is 6.92 Å². The summed E-state index contributed by atoms with van der Waals surface area (Å²) in [6, 6.07) is 10.1. The Morgan fingerprint density at radius 2 is 1.93 bits per heavy atom. The smallest absolute Gasteiger partial charge is 0.324 e. The van der Waals surface area contributed by atoms with Crippen molar-refractivity contribution in [1.82, 2.24) is 4.72 Å². The summed E-state index contributed by atoms with van der Waals surface area (Å²) in [6.07, 6.45) is 0. The number of hydrogen-bond acceptors (Lipinski definition) is 6. The summed E-state index contributed by atoms with van der Waals surface area (Å²) in [5, 5.41) is 0.277. The van der Waals surface area contributed by atoms with Crippen LogP contribution in [0.15, 0.2) is 52.3 Å². The van der Waals surface area contributed by atoms with Gasteiger partial charge in [0.05, 0.1) is 20.6 Å². The predicted octanol–water partition coefficient (Wildman–Crippen LogP) is 3.34. The Labute approximate surface area is 188 Å². The van der Waals surface area contributed by atoms with Crippen molar-refractivity contribution in [3.63, 3.8) is 0 Å². The molecule has 1 heterocycles. The Bertz CT molecular complexity index is 1080. The molecule has 0 saturated carbocycles. The molecule has 160 valence electrons. The second-order valence-electron chi connectivity index (χ2n) is 6.39. The Balaban J connectivity index is 1.59. The van der Waals surface area contributed by atoms with Crippen LogP contribution in [0.2, 0.25) is 10.0 Å². The highest BCUT2D eigenvalue weighted by Crippen LogP contribution is 2.34. The van der Waals surface area contributed by atoms with E-state index in [1.165, 1.54) is 25.1 Å². The number of fused-ring (bicyclic) bond motifs is 1. The number of halogens is 2. The monoisotopic (exact) mass is 488 g/mol.